The van der Waals surface area contributed by atoms with Gasteiger partial charge in [0.1, 0.15) is 5.75 Å². The fourth-order valence-electron chi connectivity index (χ4n) is 4.94. The van der Waals surface area contributed by atoms with Gasteiger partial charge in [0.05, 0.1) is 24.4 Å². The van der Waals surface area contributed by atoms with Gasteiger partial charge in [-0.25, -0.2) is 0 Å². The Morgan fingerprint density at radius 3 is 2.34 bits per heavy atom. The molecule has 0 fully saturated rings. The van der Waals surface area contributed by atoms with Crippen LogP contribution in [-0.2, 0) is 19.5 Å². The first-order valence-electron chi connectivity index (χ1n) is 13.6. The standard InChI is InChI=1S/C34H36N2O2/c37-21-20-36(26-32-18-16-29-12-6-7-13-34(29)35-32)25-28-14-15-31-24-33(19-17-30(31)23-28)38-22-8-2-5-11-27-9-3-1-4-10-27/h1,3-4,6-7,9-10,12-19,23-24,37H,2,5,8,11,20-22,25-26H2. The topological polar surface area (TPSA) is 45.6 Å². The third-order valence-electron chi connectivity index (χ3n) is 6.96. The summed E-state index contributed by atoms with van der Waals surface area (Å²) in [4.78, 5) is 7.06. The van der Waals surface area contributed by atoms with E-state index in [1.807, 2.05) is 18.2 Å². The number of aliphatic hydroxyl groups is 1. The molecular weight excluding hydrogens is 468 g/mol. The van der Waals surface area contributed by atoms with Crippen molar-refractivity contribution in [3.05, 3.63) is 120 Å². The first-order chi connectivity index (χ1) is 18.8. The SMILES string of the molecule is OCCN(Cc1ccc2cc(OCCCCCc3ccccc3)ccc2c1)Cc1ccc2ccccc2n1. The summed E-state index contributed by atoms with van der Waals surface area (Å²) in [7, 11) is 0. The van der Waals surface area contributed by atoms with E-state index in [1.54, 1.807) is 0 Å². The van der Waals surface area contributed by atoms with Gasteiger partial charge in [-0.15, -0.1) is 0 Å². The Labute approximate surface area is 225 Å². The fourth-order valence-corrected chi connectivity index (χ4v) is 4.94. The van der Waals surface area contributed by atoms with Gasteiger partial charge in [0.2, 0.25) is 0 Å². The van der Waals surface area contributed by atoms with Gasteiger partial charge in [0.15, 0.2) is 0 Å². The van der Waals surface area contributed by atoms with Gasteiger partial charge in [0, 0.05) is 25.0 Å². The highest BCUT2D eigenvalue weighted by Gasteiger charge is 2.10. The molecule has 4 nitrogen and oxygen atoms in total. The molecule has 0 bridgehead atoms. The molecule has 0 atom stereocenters. The molecule has 1 aromatic heterocycles. The van der Waals surface area contributed by atoms with Crippen molar-refractivity contribution in [1.82, 2.24) is 9.88 Å². The molecule has 0 saturated heterocycles. The van der Waals surface area contributed by atoms with Crippen LogP contribution in [0, 0.1) is 0 Å². The van der Waals surface area contributed by atoms with Crippen LogP contribution in [-0.4, -0.2) is 34.7 Å². The molecule has 4 heteroatoms. The van der Waals surface area contributed by atoms with Crippen molar-refractivity contribution >= 4 is 21.7 Å². The first kappa shape index (κ1) is 25.9. The molecule has 1 N–H and O–H groups in total. The number of hydrogen-bond donors (Lipinski definition) is 1. The summed E-state index contributed by atoms with van der Waals surface area (Å²) < 4.78 is 6.05. The van der Waals surface area contributed by atoms with Crippen LogP contribution < -0.4 is 4.74 Å². The number of aryl methyl sites for hydroxylation is 1. The molecule has 5 rings (SSSR count). The lowest BCUT2D eigenvalue weighted by Gasteiger charge is -2.21. The fraction of sp³-hybridized carbons (Fsp3) is 0.265. The van der Waals surface area contributed by atoms with Crippen molar-refractivity contribution < 1.29 is 9.84 Å². The molecule has 0 amide bonds. The van der Waals surface area contributed by atoms with Gasteiger partial charge in [-0.05, 0) is 77.9 Å². The lowest BCUT2D eigenvalue weighted by Crippen LogP contribution is -2.26. The predicted octanol–water partition coefficient (Wildman–Crippen LogP) is 7.17. The van der Waals surface area contributed by atoms with Crippen molar-refractivity contribution in [3.63, 3.8) is 0 Å². The minimum Gasteiger partial charge on any atom is -0.494 e. The summed E-state index contributed by atoms with van der Waals surface area (Å²) in [6, 6.07) is 36.0. The van der Waals surface area contributed by atoms with E-state index in [4.69, 9.17) is 9.72 Å². The maximum Gasteiger partial charge on any atom is 0.119 e. The number of fused-ring (bicyclic) bond motifs is 2. The van der Waals surface area contributed by atoms with E-state index in [-0.39, 0.29) is 6.61 Å². The number of aliphatic hydroxyl groups excluding tert-OH is 1. The number of hydrogen-bond acceptors (Lipinski definition) is 4. The van der Waals surface area contributed by atoms with Gasteiger partial charge in [-0.3, -0.25) is 9.88 Å². The van der Waals surface area contributed by atoms with Crippen LogP contribution >= 0.6 is 0 Å². The zero-order valence-electron chi connectivity index (χ0n) is 21.9. The quantitative estimate of drug-likeness (QED) is 0.173. The Bertz CT molecular complexity index is 1450. The van der Waals surface area contributed by atoms with Crippen LogP contribution in [0.15, 0.2) is 103 Å². The van der Waals surface area contributed by atoms with Crippen LogP contribution in [0.5, 0.6) is 5.75 Å². The zero-order chi connectivity index (χ0) is 26.0. The van der Waals surface area contributed by atoms with E-state index in [1.165, 1.54) is 34.7 Å². The maximum absolute atomic E-state index is 9.66. The van der Waals surface area contributed by atoms with Gasteiger partial charge < -0.3 is 9.84 Å². The van der Waals surface area contributed by atoms with Gasteiger partial charge in [0.25, 0.3) is 0 Å². The number of ether oxygens (including phenoxy) is 1. The number of para-hydroxylation sites is 1. The van der Waals surface area contributed by atoms with E-state index in [0.29, 0.717) is 13.1 Å². The van der Waals surface area contributed by atoms with Crippen LogP contribution in [0.4, 0.5) is 0 Å². The second kappa shape index (κ2) is 13.2. The predicted molar refractivity (Wildman–Crippen MR) is 156 cm³/mol. The van der Waals surface area contributed by atoms with E-state index in [0.717, 1.165) is 48.3 Å². The molecule has 0 radical (unpaired) electrons. The van der Waals surface area contributed by atoms with Crippen molar-refractivity contribution in [2.24, 2.45) is 0 Å². The number of pyridine rings is 1. The monoisotopic (exact) mass is 504 g/mol. The van der Waals surface area contributed by atoms with Crippen molar-refractivity contribution in [1.29, 1.82) is 0 Å². The molecule has 0 saturated carbocycles. The highest BCUT2D eigenvalue weighted by Crippen LogP contribution is 2.23. The largest absolute Gasteiger partial charge is 0.494 e. The van der Waals surface area contributed by atoms with Crippen molar-refractivity contribution in [2.75, 3.05) is 19.8 Å². The average molecular weight is 505 g/mol. The number of benzene rings is 4. The number of nitrogens with zero attached hydrogens (tertiary/aromatic N) is 2. The van der Waals surface area contributed by atoms with Crippen LogP contribution in [0.25, 0.3) is 21.7 Å². The summed E-state index contributed by atoms with van der Waals surface area (Å²) >= 11 is 0. The smallest absolute Gasteiger partial charge is 0.119 e. The summed E-state index contributed by atoms with van der Waals surface area (Å²) in [6.07, 6.45) is 4.56. The third kappa shape index (κ3) is 7.18. The molecular formula is C34H36N2O2. The molecule has 194 valence electrons. The molecule has 0 aliphatic carbocycles. The molecule has 1 heterocycles. The van der Waals surface area contributed by atoms with Crippen molar-refractivity contribution in [2.45, 2.75) is 38.8 Å². The molecule has 5 aromatic rings. The lowest BCUT2D eigenvalue weighted by atomic mass is 10.1. The Kier molecular flexibility index (Phi) is 8.98. The van der Waals surface area contributed by atoms with Crippen molar-refractivity contribution in [3.8, 4) is 5.75 Å². The highest BCUT2D eigenvalue weighted by atomic mass is 16.5. The van der Waals surface area contributed by atoms with E-state index >= 15 is 0 Å². The van der Waals surface area contributed by atoms with Gasteiger partial charge >= 0.3 is 0 Å². The first-order valence-corrected chi connectivity index (χ1v) is 13.6. The molecule has 0 unspecified atom stereocenters. The summed E-state index contributed by atoms with van der Waals surface area (Å²) in [5.41, 5.74) is 4.65. The van der Waals surface area contributed by atoms with Crippen LogP contribution in [0.2, 0.25) is 0 Å². The minimum atomic E-state index is 0.119. The Balaban J connectivity index is 1.14. The molecule has 0 aliphatic heterocycles. The number of rotatable bonds is 13. The third-order valence-corrected chi connectivity index (χ3v) is 6.96. The second-order valence-electron chi connectivity index (χ2n) is 9.92. The minimum absolute atomic E-state index is 0.119. The Morgan fingerprint density at radius 2 is 1.45 bits per heavy atom. The van der Waals surface area contributed by atoms with Gasteiger partial charge in [-0.2, -0.15) is 0 Å². The maximum atomic E-state index is 9.66. The number of aromatic nitrogens is 1. The zero-order valence-corrected chi connectivity index (χ0v) is 21.9. The molecule has 4 aromatic carbocycles. The average Bonchev–Trinajstić information content (AvgIpc) is 2.95. The summed E-state index contributed by atoms with van der Waals surface area (Å²) in [6.45, 7) is 2.92. The molecule has 0 aliphatic rings. The van der Waals surface area contributed by atoms with E-state index in [9.17, 15) is 5.11 Å². The second-order valence-corrected chi connectivity index (χ2v) is 9.92. The van der Waals surface area contributed by atoms with E-state index in [2.05, 4.69) is 89.8 Å². The highest BCUT2D eigenvalue weighted by molar-refractivity contribution is 5.84. The summed E-state index contributed by atoms with van der Waals surface area (Å²) in [5.74, 6) is 0.928. The normalized spacial score (nSPS) is 11.4. The molecule has 38 heavy (non-hydrogen) atoms. The van der Waals surface area contributed by atoms with Gasteiger partial charge in [-0.1, -0.05) is 72.8 Å². The summed E-state index contributed by atoms with van der Waals surface area (Å²) in [5, 5.41) is 13.2. The number of unbranched alkanes of at least 4 members (excludes halogenated alkanes) is 2. The lowest BCUT2D eigenvalue weighted by molar-refractivity contribution is 0.183. The Morgan fingerprint density at radius 1 is 0.658 bits per heavy atom. The Hall–Kier alpha value is -3.73. The van der Waals surface area contributed by atoms with E-state index < -0.39 is 0 Å². The van der Waals surface area contributed by atoms with Crippen LogP contribution in [0.3, 0.4) is 0 Å². The molecule has 0 spiro atoms. The van der Waals surface area contributed by atoms with Crippen LogP contribution in [0.1, 0.15) is 36.1 Å².